The van der Waals surface area contributed by atoms with Gasteiger partial charge in [-0.05, 0) is 31.0 Å². The molecule has 2 N–H and O–H groups in total. The Hall–Kier alpha value is -2.30. The zero-order chi connectivity index (χ0) is 14.9. The third kappa shape index (κ3) is 5.69. The number of amides is 1. The normalized spacial score (nSPS) is 10.3. The van der Waals surface area contributed by atoms with Crippen molar-refractivity contribution >= 4 is 5.91 Å². The van der Waals surface area contributed by atoms with E-state index < -0.39 is 0 Å². The molecule has 0 aliphatic heterocycles. The zero-order valence-corrected chi connectivity index (χ0v) is 12.3. The summed E-state index contributed by atoms with van der Waals surface area (Å²) in [7, 11) is 0. The fourth-order valence-corrected chi connectivity index (χ4v) is 1.97. The first kappa shape index (κ1) is 15.1. The number of hydrogen-bond acceptors (Lipinski definition) is 3. The van der Waals surface area contributed by atoms with Gasteiger partial charge in [0.05, 0.1) is 12.9 Å². The quantitative estimate of drug-likeness (QED) is 0.732. The molecule has 112 valence electrons. The van der Waals surface area contributed by atoms with Gasteiger partial charge in [-0.1, -0.05) is 12.1 Å². The lowest BCUT2D eigenvalue weighted by molar-refractivity contribution is -0.121. The van der Waals surface area contributed by atoms with Crippen molar-refractivity contribution in [2.75, 3.05) is 13.2 Å². The number of aryl methyl sites for hydroxylation is 1. The number of H-pyrrole nitrogens is 1. The molecule has 0 atom stereocenters. The van der Waals surface area contributed by atoms with E-state index in [1.807, 2.05) is 31.2 Å². The van der Waals surface area contributed by atoms with E-state index in [2.05, 4.69) is 15.3 Å². The number of imidazole rings is 1. The van der Waals surface area contributed by atoms with Crippen LogP contribution in [0.25, 0.3) is 0 Å². The lowest BCUT2D eigenvalue weighted by Crippen LogP contribution is -2.25. The van der Waals surface area contributed by atoms with Gasteiger partial charge in [-0.25, -0.2) is 4.98 Å². The minimum absolute atomic E-state index is 0.0577. The Morgan fingerprint density at radius 1 is 1.43 bits per heavy atom. The Labute approximate surface area is 124 Å². The van der Waals surface area contributed by atoms with Gasteiger partial charge >= 0.3 is 0 Å². The average molecular weight is 287 g/mol. The lowest BCUT2D eigenvalue weighted by Gasteiger charge is -2.07. The van der Waals surface area contributed by atoms with E-state index in [0.717, 1.165) is 17.9 Å². The van der Waals surface area contributed by atoms with E-state index >= 15 is 0 Å². The molecule has 0 fully saturated rings. The number of carbonyl (C=O) groups is 1. The predicted octanol–water partition coefficient (Wildman–Crippen LogP) is 2.24. The zero-order valence-electron chi connectivity index (χ0n) is 12.3. The Balaban J connectivity index is 1.55. The van der Waals surface area contributed by atoms with E-state index in [1.54, 1.807) is 12.5 Å². The van der Waals surface area contributed by atoms with Gasteiger partial charge in [0.25, 0.3) is 0 Å². The molecule has 1 aromatic carbocycles. The predicted molar refractivity (Wildman–Crippen MR) is 81.2 cm³/mol. The number of nitrogens with one attached hydrogen (secondary N) is 2. The number of carbonyl (C=O) groups excluding carboxylic acids is 1. The second-order valence-corrected chi connectivity index (χ2v) is 4.95. The maximum Gasteiger partial charge on any atom is 0.220 e. The molecule has 0 aliphatic carbocycles. The van der Waals surface area contributed by atoms with Crippen LogP contribution in [-0.4, -0.2) is 29.0 Å². The second kappa shape index (κ2) is 8.09. The molecule has 0 saturated heterocycles. The number of rotatable bonds is 8. The van der Waals surface area contributed by atoms with Gasteiger partial charge in [0, 0.05) is 31.3 Å². The number of ether oxygens (including phenoxy) is 1. The molecule has 21 heavy (non-hydrogen) atoms. The Morgan fingerprint density at radius 3 is 3.10 bits per heavy atom. The molecular weight excluding hydrogens is 266 g/mol. The first-order valence-corrected chi connectivity index (χ1v) is 7.17. The van der Waals surface area contributed by atoms with Crippen LogP contribution in [-0.2, 0) is 11.2 Å². The molecule has 2 rings (SSSR count). The second-order valence-electron chi connectivity index (χ2n) is 4.95. The van der Waals surface area contributed by atoms with Crippen LogP contribution >= 0.6 is 0 Å². The molecule has 5 nitrogen and oxygen atoms in total. The summed E-state index contributed by atoms with van der Waals surface area (Å²) in [5.74, 6) is 0.914. The minimum Gasteiger partial charge on any atom is -0.494 e. The summed E-state index contributed by atoms with van der Waals surface area (Å²) >= 11 is 0. The highest BCUT2D eigenvalue weighted by Crippen LogP contribution is 2.12. The number of aromatic amines is 1. The number of hydrogen-bond donors (Lipinski definition) is 2. The highest BCUT2D eigenvalue weighted by Gasteiger charge is 2.02. The van der Waals surface area contributed by atoms with Crippen LogP contribution in [0.15, 0.2) is 36.8 Å². The number of benzene rings is 1. The lowest BCUT2D eigenvalue weighted by atomic mass is 10.2. The molecule has 0 unspecified atom stereocenters. The molecule has 1 heterocycles. The van der Waals surface area contributed by atoms with Gasteiger partial charge in [0.15, 0.2) is 0 Å². The average Bonchev–Trinajstić information content (AvgIpc) is 2.97. The van der Waals surface area contributed by atoms with Gasteiger partial charge in [-0.3, -0.25) is 4.79 Å². The first-order valence-electron chi connectivity index (χ1n) is 7.17. The molecule has 0 radical (unpaired) electrons. The minimum atomic E-state index is 0.0577. The van der Waals surface area contributed by atoms with Crippen molar-refractivity contribution < 1.29 is 9.53 Å². The van der Waals surface area contributed by atoms with Crippen LogP contribution in [0.1, 0.15) is 24.1 Å². The van der Waals surface area contributed by atoms with Crippen LogP contribution in [0.5, 0.6) is 5.75 Å². The fourth-order valence-electron chi connectivity index (χ4n) is 1.97. The number of aromatic nitrogens is 2. The molecule has 1 amide bonds. The maximum absolute atomic E-state index is 11.6. The van der Waals surface area contributed by atoms with Crippen molar-refractivity contribution in [2.45, 2.75) is 26.2 Å². The van der Waals surface area contributed by atoms with Gasteiger partial charge < -0.3 is 15.0 Å². The van der Waals surface area contributed by atoms with Gasteiger partial charge in [-0.15, -0.1) is 0 Å². The molecule has 5 heteroatoms. The third-order valence-electron chi connectivity index (χ3n) is 3.08. The SMILES string of the molecule is Cc1cccc(OCCCC(=O)NCCc2cnc[nH]2)c1. The van der Waals surface area contributed by atoms with Crippen molar-refractivity contribution in [1.82, 2.24) is 15.3 Å². The maximum atomic E-state index is 11.6. The summed E-state index contributed by atoms with van der Waals surface area (Å²) in [6.07, 6.45) is 5.37. The van der Waals surface area contributed by atoms with Crippen molar-refractivity contribution in [3.63, 3.8) is 0 Å². The highest BCUT2D eigenvalue weighted by atomic mass is 16.5. The number of nitrogens with zero attached hydrogens (tertiary/aromatic N) is 1. The van der Waals surface area contributed by atoms with E-state index in [4.69, 9.17) is 4.74 Å². The molecule has 0 bridgehead atoms. The summed E-state index contributed by atoms with van der Waals surface area (Å²) in [4.78, 5) is 18.6. The standard InChI is InChI=1S/C16H21N3O2/c1-13-4-2-5-15(10-13)21-9-3-6-16(20)18-8-7-14-11-17-12-19-14/h2,4-5,10-12H,3,6-9H2,1H3,(H,17,19)(H,18,20). The molecule has 0 spiro atoms. The molecule has 1 aromatic heterocycles. The van der Waals surface area contributed by atoms with E-state index in [1.165, 1.54) is 5.56 Å². The third-order valence-corrected chi connectivity index (χ3v) is 3.08. The molecule has 0 saturated carbocycles. The summed E-state index contributed by atoms with van der Waals surface area (Å²) in [5.41, 5.74) is 2.20. The van der Waals surface area contributed by atoms with Crippen LogP contribution in [0.2, 0.25) is 0 Å². The van der Waals surface area contributed by atoms with Crippen LogP contribution in [0.3, 0.4) is 0 Å². The molecule has 2 aromatic rings. The van der Waals surface area contributed by atoms with Gasteiger partial charge in [0.1, 0.15) is 5.75 Å². The van der Waals surface area contributed by atoms with Crippen LogP contribution in [0, 0.1) is 6.92 Å². The van der Waals surface area contributed by atoms with Crippen molar-refractivity contribution in [3.05, 3.63) is 48.0 Å². The fraction of sp³-hybridized carbons (Fsp3) is 0.375. The monoisotopic (exact) mass is 287 g/mol. The molecule has 0 aliphatic rings. The largest absolute Gasteiger partial charge is 0.494 e. The summed E-state index contributed by atoms with van der Waals surface area (Å²) in [6.45, 7) is 3.21. The van der Waals surface area contributed by atoms with Crippen molar-refractivity contribution in [3.8, 4) is 5.75 Å². The van der Waals surface area contributed by atoms with Crippen molar-refractivity contribution in [2.24, 2.45) is 0 Å². The van der Waals surface area contributed by atoms with E-state index in [9.17, 15) is 4.79 Å². The summed E-state index contributed by atoms with van der Waals surface area (Å²) in [6, 6.07) is 7.91. The van der Waals surface area contributed by atoms with Crippen LogP contribution in [0.4, 0.5) is 0 Å². The van der Waals surface area contributed by atoms with Gasteiger partial charge in [-0.2, -0.15) is 0 Å². The van der Waals surface area contributed by atoms with E-state index in [-0.39, 0.29) is 5.91 Å². The Bertz CT molecular complexity index is 552. The first-order chi connectivity index (χ1) is 10.2. The molecular formula is C16H21N3O2. The van der Waals surface area contributed by atoms with Crippen LogP contribution < -0.4 is 10.1 Å². The summed E-state index contributed by atoms with van der Waals surface area (Å²) in [5, 5.41) is 2.89. The van der Waals surface area contributed by atoms with Gasteiger partial charge in [0.2, 0.25) is 5.91 Å². The van der Waals surface area contributed by atoms with E-state index in [0.29, 0.717) is 26.0 Å². The Morgan fingerprint density at radius 2 is 2.33 bits per heavy atom. The summed E-state index contributed by atoms with van der Waals surface area (Å²) < 4.78 is 5.61. The highest BCUT2D eigenvalue weighted by molar-refractivity contribution is 5.75. The van der Waals surface area contributed by atoms with Crippen molar-refractivity contribution in [1.29, 1.82) is 0 Å². The Kier molecular flexibility index (Phi) is 5.82. The smallest absolute Gasteiger partial charge is 0.220 e. The topological polar surface area (TPSA) is 67.0 Å².